The molecule has 0 amide bonds. The van der Waals surface area contributed by atoms with Crippen molar-refractivity contribution in [1.82, 2.24) is 0 Å². The van der Waals surface area contributed by atoms with Crippen molar-refractivity contribution in [3.63, 3.8) is 0 Å². The summed E-state index contributed by atoms with van der Waals surface area (Å²) in [7, 11) is 0. The molecule has 0 radical (unpaired) electrons. The highest BCUT2D eigenvalue weighted by molar-refractivity contribution is 5.92. The second kappa shape index (κ2) is 5.19. The molecule has 0 aromatic heterocycles. The summed E-state index contributed by atoms with van der Waals surface area (Å²) in [6.45, 7) is 1.79. The molecular formula is C16H18O. The molecule has 0 unspecified atom stereocenters. The maximum Gasteiger partial charge on any atom is 0.155 e. The van der Waals surface area contributed by atoms with E-state index in [0.717, 1.165) is 25.7 Å². The molecule has 1 aromatic carbocycles. The van der Waals surface area contributed by atoms with Crippen LogP contribution in [0, 0.1) is 11.8 Å². The van der Waals surface area contributed by atoms with Gasteiger partial charge in [-0.2, -0.15) is 0 Å². The number of rotatable bonds is 3. The number of carbonyl (C=O) groups is 1. The minimum absolute atomic E-state index is 0.245. The molecule has 0 heterocycles. The Hall–Kier alpha value is -1.55. The lowest BCUT2D eigenvalue weighted by atomic mass is 9.74. The molecular weight excluding hydrogens is 208 g/mol. The molecule has 0 N–H and O–H groups in total. The minimum Gasteiger partial charge on any atom is -0.298 e. The SMILES string of the molecule is CC#CCC(=O)C1(c2ccccc2)CCCC1. The molecule has 0 bridgehead atoms. The molecule has 0 saturated heterocycles. The Bertz CT molecular complexity index is 441. The monoisotopic (exact) mass is 226 g/mol. The van der Waals surface area contributed by atoms with Crippen molar-refractivity contribution < 1.29 is 4.79 Å². The van der Waals surface area contributed by atoms with Crippen LogP contribution < -0.4 is 0 Å². The molecule has 17 heavy (non-hydrogen) atoms. The van der Waals surface area contributed by atoms with Crippen LogP contribution in [-0.2, 0) is 10.2 Å². The van der Waals surface area contributed by atoms with Crippen molar-refractivity contribution in [2.24, 2.45) is 0 Å². The van der Waals surface area contributed by atoms with Crippen LogP contribution in [0.15, 0.2) is 30.3 Å². The van der Waals surface area contributed by atoms with Gasteiger partial charge in [0.05, 0.1) is 11.8 Å². The van der Waals surface area contributed by atoms with Gasteiger partial charge in [0, 0.05) is 0 Å². The van der Waals surface area contributed by atoms with Gasteiger partial charge in [-0.1, -0.05) is 49.1 Å². The van der Waals surface area contributed by atoms with E-state index in [0.29, 0.717) is 12.2 Å². The second-order valence-electron chi connectivity index (χ2n) is 4.68. The van der Waals surface area contributed by atoms with Crippen molar-refractivity contribution in [1.29, 1.82) is 0 Å². The van der Waals surface area contributed by atoms with Gasteiger partial charge in [0.15, 0.2) is 5.78 Å². The maximum absolute atomic E-state index is 12.4. The lowest BCUT2D eigenvalue weighted by Crippen LogP contribution is -2.32. The first-order chi connectivity index (χ1) is 8.29. The number of ketones is 1. The average Bonchev–Trinajstić information content (AvgIpc) is 2.87. The molecule has 1 aliphatic carbocycles. The normalized spacial score (nSPS) is 17.2. The fourth-order valence-corrected chi connectivity index (χ4v) is 2.80. The predicted octanol–water partition coefficient (Wildman–Crippen LogP) is 3.48. The van der Waals surface area contributed by atoms with E-state index in [4.69, 9.17) is 0 Å². The summed E-state index contributed by atoms with van der Waals surface area (Å²) in [5.41, 5.74) is 0.936. The van der Waals surface area contributed by atoms with Gasteiger partial charge in [-0.15, -0.1) is 5.92 Å². The number of Topliss-reactive ketones (excluding diaryl/α,β-unsaturated/α-hetero) is 1. The van der Waals surface area contributed by atoms with Crippen LogP contribution in [0.5, 0.6) is 0 Å². The van der Waals surface area contributed by atoms with Gasteiger partial charge >= 0.3 is 0 Å². The van der Waals surface area contributed by atoms with Crippen LogP contribution in [0.25, 0.3) is 0 Å². The number of benzene rings is 1. The van der Waals surface area contributed by atoms with Gasteiger partial charge < -0.3 is 0 Å². The minimum atomic E-state index is -0.245. The van der Waals surface area contributed by atoms with Gasteiger partial charge in [-0.3, -0.25) is 4.79 Å². The van der Waals surface area contributed by atoms with Crippen LogP contribution >= 0.6 is 0 Å². The molecule has 2 rings (SSSR count). The molecule has 1 aromatic rings. The Morgan fingerprint density at radius 1 is 1.24 bits per heavy atom. The zero-order valence-corrected chi connectivity index (χ0v) is 10.3. The summed E-state index contributed by atoms with van der Waals surface area (Å²) in [5.74, 6) is 6.04. The first-order valence-electron chi connectivity index (χ1n) is 6.28. The van der Waals surface area contributed by atoms with Crippen molar-refractivity contribution >= 4 is 5.78 Å². The first kappa shape index (κ1) is 11.9. The van der Waals surface area contributed by atoms with E-state index >= 15 is 0 Å². The predicted molar refractivity (Wildman–Crippen MR) is 69.7 cm³/mol. The average molecular weight is 226 g/mol. The lowest BCUT2D eigenvalue weighted by molar-refractivity contribution is -0.123. The topological polar surface area (TPSA) is 17.1 Å². The molecule has 0 atom stereocenters. The summed E-state index contributed by atoms with van der Waals surface area (Å²) in [6.07, 6.45) is 4.67. The number of hydrogen-bond donors (Lipinski definition) is 0. The Morgan fingerprint density at radius 3 is 2.47 bits per heavy atom. The van der Waals surface area contributed by atoms with Gasteiger partial charge in [0.1, 0.15) is 0 Å². The van der Waals surface area contributed by atoms with E-state index in [-0.39, 0.29) is 5.41 Å². The van der Waals surface area contributed by atoms with Crippen LogP contribution in [0.3, 0.4) is 0 Å². The van der Waals surface area contributed by atoms with Crippen LogP contribution in [0.1, 0.15) is 44.6 Å². The Labute approximate surface area is 103 Å². The van der Waals surface area contributed by atoms with Crippen LogP contribution in [0.2, 0.25) is 0 Å². The van der Waals surface area contributed by atoms with Crippen LogP contribution in [-0.4, -0.2) is 5.78 Å². The largest absolute Gasteiger partial charge is 0.298 e. The molecule has 1 fully saturated rings. The number of carbonyl (C=O) groups excluding carboxylic acids is 1. The summed E-state index contributed by atoms with van der Waals surface area (Å²) < 4.78 is 0. The van der Waals surface area contributed by atoms with Crippen LogP contribution in [0.4, 0.5) is 0 Å². The third kappa shape index (κ3) is 2.26. The molecule has 1 saturated carbocycles. The van der Waals surface area contributed by atoms with Gasteiger partial charge in [0.25, 0.3) is 0 Å². The quantitative estimate of drug-likeness (QED) is 0.721. The van der Waals surface area contributed by atoms with E-state index in [1.165, 1.54) is 5.56 Å². The van der Waals surface area contributed by atoms with E-state index in [2.05, 4.69) is 24.0 Å². The van der Waals surface area contributed by atoms with Gasteiger partial charge in [-0.05, 0) is 25.3 Å². The molecule has 0 aliphatic heterocycles. The maximum atomic E-state index is 12.4. The van der Waals surface area contributed by atoms with Crippen molar-refractivity contribution in [2.45, 2.75) is 44.4 Å². The zero-order chi connectivity index (χ0) is 12.1. The van der Waals surface area contributed by atoms with Crippen molar-refractivity contribution in [2.75, 3.05) is 0 Å². The van der Waals surface area contributed by atoms with Gasteiger partial charge in [0.2, 0.25) is 0 Å². The summed E-state index contributed by atoms with van der Waals surface area (Å²) in [6, 6.07) is 10.2. The van der Waals surface area contributed by atoms with E-state index in [1.807, 2.05) is 18.2 Å². The first-order valence-corrected chi connectivity index (χ1v) is 6.28. The van der Waals surface area contributed by atoms with Crippen molar-refractivity contribution in [3.05, 3.63) is 35.9 Å². The smallest absolute Gasteiger partial charge is 0.155 e. The molecule has 1 aliphatic rings. The Balaban J connectivity index is 2.32. The Kier molecular flexibility index (Phi) is 3.64. The molecule has 0 spiro atoms. The van der Waals surface area contributed by atoms with Crippen molar-refractivity contribution in [3.8, 4) is 11.8 Å². The van der Waals surface area contributed by atoms with E-state index in [9.17, 15) is 4.79 Å². The molecule has 88 valence electrons. The van der Waals surface area contributed by atoms with E-state index in [1.54, 1.807) is 6.92 Å². The third-order valence-electron chi connectivity index (χ3n) is 3.74. The number of hydrogen-bond acceptors (Lipinski definition) is 1. The Morgan fingerprint density at radius 2 is 1.88 bits per heavy atom. The fraction of sp³-hybridized carbons (Fsp3) is 0.438. The summed E-state index contributed by atoms with van der Waals surface area (Å²) in [5, 5.41) is 0. The highest BCUT2D eigenvalue weighted by atomic mass is 16.1. The highest BCUT2D eigenvalue weighted by Gasteiger charge is 2.41. The summed E-state index contributed by atoms with van der Waals surface area (Å²) >= 11 is 0. The third-order valence-corrected chi connectivity index (χ3v) is 3.74. The lowest BCUT2D eigenvalue weighted by Gasteiger charge is -2.27. The summed E-state index contributed by atoms with van der Waals surface area (Å²) in [4.78, 5) is 12.4. The molecule has 1 heteroatoms. The molecule has 1 nitrogen and oxygen atoms in total. The zero-order valence-electron chi connectivity index (χ0n) is 10.3. The highest BCUT2D eigenvalue weighted by Crippen LogP contribution is 2.42. The second-order valence-corrected chi connectivity index (χ2v) is 4.68. The standard InChI is InChI=1S/C16H18O/c1-2-3-11-15(17)16(12-7-8-13-16)14-9-5-4-6-10-14/h4-6,9-10H,7-8,11-13H2,1H3. The van der Waals surface area contributed by atoms with E-state index < -0.39 is 0 Å². The van der Waals surface area contributed by atoms with Gasteiger partial charge in [-0.25, -0.2) is 0 Å². The fourth-order valence-electron chi connectivity index (χ4n) is 2.80.